The van der Waals surface area contributed by atoms with Crippen molar-refractivity contribution < 1.29 is 4.79 Å². The van der Waals surface area contributed by atoms with Crippen LogP contribution in [0.2, 0.25) is 0 Å². The Morgan fingerprint density at radius 1 is 1.04 bits per heavy atom. The molecule has 0 spiro atoms. The number of hydrogen-bond donors (Lipinski definition) is 1. The zero-order chi connectivity index (χ0) is 19.3. The first kappa shape index (κ1) is 18.7. The second kappa shape index (κ2) is 8.58. The van der Waals surface area contributed by atoms with E-state index in [2.05, 4.69) is 34.5 Å². The molecule has 0 aromatic heterocycles. The number of carbonyl (C=O) groups excluding carboxylic acids is 1. The molecule has 1 aliphatic carbocycles. The van der Waals surface area contributed by atoms with Crippen molar-refractivity contribution in [3.05, 3.63) is 70.8 Å². The van der Waals surface area contributed by atoms with Crippen molar-refractivity contribution in [1.82, 2.24) is 10.2 Å². The highest BCUT2D eigenvalue weighted by Gasteiger charge is 2.24. The first-order valence-electron chi connectivity index (χ1n) is 10.3. The highest BCUT2D eigenvalue weighted by atomic mass is 16.1. The Bertz CT molecular complexity index is 856. The van der Waals surface area contributed by atoms with Crippen LogP contribution < -0.4 is 5.32 Å². The molecule has 1 saturated carbocycles. The Balaban J connectivity index is 1.26. The number of amides is 1. The normalized spacial score (nSPS) is 17.8. The van der Waals surface area contributed by atoms with Gasteiger partial charge in [-0.05, 0) is 80.4 Å². The molecular weight excluding hydrogens is 346 g/mol. The molecule has 4 nitrogen and oxygen atoms in total. The molecule has 0 radical (unpaired) electrons. The summed E-state index contributed by atoms with van der Waals surface area (Å²) in [6, 6.07) is 18.7. The number of benzene rings is 2. The summed E-state index contributed by atoms with van der Waals surface area (Å²) in [6.07, 6.45) is 5.67. The zero-order valence-electron chi connectivity index (χ0n) is 16.2. The fraction of sp³-hybridized carbons (Fsp3) is 0.417. The average Bonchev–Trinajstić information content (AvgIpc) is 3.54. The Labute approximate surface area is 167 Å². The lowest BCUT2D eigenvalue weighted by molar-refractivity contribution is 0.0951. The fourth-order valence-corrected chi connectivity index (χ4v) is 3.98. The van der Waals surface area contributed by atoms with Crippen LogP contribution in [0.4, 0.5) is 0 Å². The Hall–Kier alpha value is -2.64. The Kier molecular flexibility index (Phi) is 5.73. The van der Waals surface area contributed by atoms with E-state index in [1.807, 2.05) is 30.3 Å². The van der Waals surface area contributed by atoms with Gasteiger partial charge in [-0.3, -0.25) is 9.69 Å². The minimum absolute atomic E-state index is 0.0556. The third-order valence-corrected chi connectivity index (χ3v) is 5.89. The second-order valence-corrected chi connectivity index (χ2v) is 8.14. The fourth-order valence-electron chi connectivity index (χ4n) is 3.98. The van der Waals surface area contributed by atoms with Crippen molar-refractivity contribution in [1.29, 1.82) is 5.26 Å². The number of hydrogen-bond acceptors (Lipinski definition) is 3. The van der Waals surface area contributed by atoms with Gasteiger partial charge in [-0.1, -0.05) is 30.3 Å². The molecule has 0 atom stereocenters. The van der Waals surface area contributed by atoms with Gasteiger partial charge in [-0.15, -0.1) is 0 Å². The lowest BCUT2D eigenvalue weighted by atomic mass is 9.89. The lowest BCUT2D eigenvalue weighted by Crippen LogP contribution is -2.34. The largest absolute Gasteiger partial charge is 0.349 e. The predicted molar refractivity (Wildman–Crippen MR) is 110 cm³/mol. The molecule has 1 heterocycles. The van der Waals surface area contributed by atoms with E-state index >= 15 is 0 Å². The minimum atomic E-state index is 0.0556. The number of likely N-dealkylation sites (tertiary alicyclic amines) is 1. The summed E-state index contributed by atoms with van der Waals surface area (Å²) in [4.78, 5) is 14.5. The molecule has 1 aliphatic heterocycles. The molecule has 2 fully saturated rings. The molecule has 28 heavy (non-hydrogen) atoms. The minimum Gasteiger partial charge on any atom is -0.349 e. The van der Waals surface area contributed by atoms with Crippen LogP contribution in [0.25, 0.3) is 0 Å². The van der Waals surface area contributed by atoms with E-state index in [-0.39, 0.29) is 5.91 Å². The zero-order valence-corrected chi connectivity index (χ0v) is 16.2. The van der Waals surface area contributed by atoms with E-state index in [0.29, 0.717) is 12.0 Å². The molecule has 0 bridgehead atoms. The van der Waals surface area contributed by atoms with Crippen LogP contribution in [0.15, 0.2) is 48.5 Å². The molecule has 1 N–H and O–H groups in total. The first-order valence-corrected chi connectivity index (χ1v) is 10.3. The predicted octanol–water partition coefficient (Wildman–Crippen LogP) is 3.91. The summed E-state index contributed by atoms with van der Waals surface area (Å²) in [5.74, 6) is 0.744. The van der Waals surface area contributed by atoms with E-state index in [1.54, 1.807) is 0 Å². The van der Waals surface area contributed by atoms with E-state index in [4.69, 9.17) is 0 Å². The van der Waals surface area contributed by atoms with Gasteiger partial charge in [0.25, 0.3) is 5.91 Å². The standard InChI is InChI=1S/C24H27N3O/c25-16-21-3-1-2-4-22(21)17-27-13-11-19(12-14-27)15-18-5-7-20(8-6-18)24(28)26-23-9-10-23/h1-8,19,23H,9-15,17H2,(H,26,28). The van der Waals surface area contributed by atoms with Gasteiger partial charge in [-0.2, -0.15) is 5.26 Å². The summed E-state index contributed by atoms with van der Waals surface area (Å²) in [6.45, 7) is 3.01. The van der Waals surface area contributed by atoms with Gasteiger partial charge in [0.2, 0.25) is 0 Å². The number of nitrogens with zero attached hydrogens (tertiary/aromatic N) is 2. The summed E-state index contributed by atoms with van der Waals surface area (Å²) in [5.41, 5.74) is 4.00. The summed E-state index contributed by atoms with van der Waals surface area (Å²) in [5, 5.41) is 12.3. The number of carbonyl (C=O) groups is 1. The third-order valence-electron chi connectivity index (χ3n) is 5.89. The topological polar surface area (TPSA) is 56.1 Å². The van der Waals surface area contributed by atoms with Crippen molar-refractivity contribution in [2.45, 2.75) is 44.7 Å². The molecular formula is C24H27N3O. The van der Waals surface area contributed by atoms with Crippen LogP contribution in [-0.4, -0.2) is 29.9 Å². The molecule has 144 valence electrons. The lowest BCUT2D eigenvalue weighted by Gasteiger charge is -2.32. The molecule has 2 aliphatic rings. The smallest absolute Gasteiger partial charge is 0.251 e. The summed E-state index contributed by atoms with van der Waals surface area (Å²) >= 11 is 0. The van der Waals surface area contributed by atoms with Crippen LogP contribution in [0, 0.1) is 17.2 Å². The summed E-state index contributed by atoms with van der Waals surface area (Å²) < 4.78 is 0. The Morgan fingerprint density at radius 3 is 2.43 bits per heavy atom. The molecule has 4 rings (SSSR count). The number of nitriles is 1. The van der Waals surface area contributed by atoms with Crippen molar-refractivity contribution in [3.8, 4) is 6.07 Å². The van der Waals surface area contributed by atoms with Gasteiger partial charge >= 0.3 is 0 Å². The summed E-state index contributed by atoms with van der Waals surface area (Å²) in [7, 11) is 0. The highest BCUT2D eigenvalue weighted by Crippen LogP contribution is 2.24. The average molecular weight is 374 g/mol. The maximum atomic E-state index is 12.1. The second-order valence-electron chi connectivity index (χ2n) is 8.14. The van der Waals surface area contributed by atoms with Gasteiger partial charge < -0.3 is 5.32 Å². The van der Waals surface area contributed by atoms with Crippen molar-refractivity contribution in [3.63, 3.8) is 0 Å². The van der Waals surface area contributed by atoms with Crippen LogP contribution in [0.1, 0.15) is 52.7 Å². The maximum Gasteiger partial charge on any atom is 0.251 e. The number of nitrogens with one attached hydrogen (secondary N) is 1. The van der Waals surface area contributed by atoms with Crippen LogP contribution in [-0.2, 0) is 13.0 Å². The molecule has 1 saturated heterocycles. The third kappa shape index (κ3) is 4.79. The maximum absolute atomic E-state index is 12.1. The molecule has 2 aromatic rings. The van der Waals surface area contributed by atoms with Crippen LogP contribution >= 0.6 is 0 Å². The van der Waals surface area contributed by atoms with E-state index in [9.17, 15) is 10.1 Å². The molecule has 2 aromatic carbocycles. The van der Waals surface area contributed by atoms with Crippen molar-refractivity contribution >= 4 is 5.91 Å². The number of piperidine rings is 1. The molecule has 4 heteroatoms. The van der Waals surface area contributed by atoms with Crippen molar-refractivity contribution in [2.75, 3.05) is 13.1 Å². The van der Waals surface area contributed by atoms with E-state index < -0.39 is 0 Å². The first-order chi connectivity index (χ1) is 13.7. The van der Waals surface area contributed by atoms with Gasteiger partial charge in [0.15, 0.2) is 0 Å². The Morgan fingerprint density at radius 2 is 1.75 bits per heavy atom. The highest BCUT2D eigenvalue weighted by molar-refractivity contribution is 5.94. The van der Waals surface area contributed by atoms with Crippen molar-refractivity contribution in [2.24, 2.45) is 5.92 Å². The molecule has 1 amide bonds. The van der Waals surface area contributed by atoms with E-state index in [1.165, 1.54) is 18.4 Å². The van der Waals surface area contributed by atoms with Gasteiger partial charge in [0.05, 0.1) is 11.6 Å². The van der Waals surface area contributed by atoms with Gasteiger partial charge in [0, 0.05) is 18.2 Å². The van der Waals surface area contributed by atoms with Gasteiger partial charge in [-0.25, -0.2) is 0 Å². The van der Waals surface area contributed by atoms with Crippen LogP contribution in [0.3, 0.4) is 0 Å². The van der Waals surface area contributed by atoms with Gasteiger partial charge in [0.1, 0.15) is 0 Å². The van der Waals surface area contributed by atoms with Crippen LogP contribution in [0.5, 0.6) is 0 Å². The number of rotatable bonds is 6. The monoisotopic (exact) mass is 373 g/mol. The SMILES string of the molecule is N#Cc1ccccc1CN1CCC(Cc2ccc(C(=O)NC3CC3)cc2)CC1. The van der Waals surface area contributed by atoms with E-state index in [0.717, 1.165) is 55.6 Å². The molecule has 0 unspecified atom stereocenters. The quantitative estimate of drug-likeness (QED) is 0.835.